The minimum absolute atomic E-state index is 0.0765. The van der Waals surface area contributed by atoms with E-state index < -0.39 is 0 Å². The monoisotopic (exact) mass is 365 g/mol. The highest BCUT2D eigenvalue weighted by atomic mass is 35.5. The molecule has 118 valence electrons. The summed E-state index contributed by atoms with van der Waals surface area (Å²) in [4.78, 5) is 20.8. The number of amidine groups is 1. The number of thioether (sulfide) groups is 1. The van der Waals surface area contributed by atoms with Crippen LogP contribution in [0.2, 0.25) is 10.0 Å². The Morgan fingerprint density at radius 3 is 2.87 bits per heavy atom. The number of nitrogens with one attached hydrogen (secondary N) is 1. The van der Waals surface area contributed by atoms with Gasteiger partial charge in [0.2, 0.25) is 5.91 Å². The number of pyridine rings is 1. The number of aliphatic imine (C=N–C) groups is 1. The Hall–Kier alpha value is -1.56. The van der Waals surface area contributed by atoms with Gasteiger partial charge in [0.25, 0.3) is 0 Å². The van der Waals surface area contributed by atoms with E-state index in [1.54, 1.807) is 18.2 Å². The summed E-state index contributed by atoms with van der Waals surface area (Å²) in [6, 6.07) is 10.9. The van der Waals surface area contributed by atoms with Crippen molar-refractivity contribution in [3.8, 4) is 0 Å². The summed E-state index contributed by atoms with van der Waals surface area (Å²) in [5.74, 6) is 0.505. The lowest BCUT2D eigenvalue weighted by atomic mass is 10.1. The molecule has 4 nitrogen and oxygen atoms in total. The number of benzene rings is 1. The third-order valence-corrected chi connectivity index (χ3v) is 4.96. The molecule has 1 aliphatic heterocycles. The van der Waals surface area contributed by atoms with Crippen LogP contribution in [0, 0.1) is 6.92 Å². The lowest BCUT2D eigenvalue weighted by Crippen LogP contribution is -2.26. The molecule has 1 amide bonds. The Morgan fingerprint density at radius 2 is 2.13 bits per heavy atom. The smallest absolute Gasteiger partial charge is 0.239 e. The Labute approximate surface area is 148 Å². The maximum absolute atomic E-state index is 12.1. The van der Waals surface area contributed by atoms with Gasteiger partial charge in [-0.15, -0.1) is 0 Å². The summed E-state index contributed by atoms with van der Waals surface area (Å²) in [6.07, 6.45) is 0.521. The number of carbonyl (C=O) groups excluding carboxylic acids is 1. The van der Waals surface area contributed by atoms with Crippen molar-refractivity contribution in [1.29, 1.82) is 0 Å². The zero-order chi connectivity index (χ0) is 16.4. The lowest BCUT2D eigenvalue weighted by Gasteiger charge is -2.07. The van der Waals surface area contributed by atoms with E-state index in [4.69, 9.17) is 23.2 Å². The summed E-state index contributed by atoms with van der Waals surface area (Å²) < 4.78 is 0. The molecule has 23 heavy (non-hydrogen) atoms. The van der Waals surface area contributed by atoms with E-state index in [0.29, 0.717) is 27.5 Å². The molecule has 0 spiro atoms. The number of hydrogen-bond donors (Lipinski definition) is 1. The van der Waals surface area contributed by atoms with Gasteiger partial charge in [0.15, 0.2) is 11.0 Å². The van der Waals surface area contributed by atoms with E-state index >= 15 is 0 Å². The molecular formula is C16H13Cl2N3OS. The minimum Gasteiger partial charge on any atom is -0.304 e. The Morgan fingerprint density at radius 1 is 1.30 bits per heavy atom. The van der Waals surface area contributed by atoms with E-state index in [1.165, 1.54) is 11.8 Å². The van der Waals surface area contributed by atoms with Crippen molar-refractivity contribution in [2.24, 2.45) is 4.99 Å². The molecular weight excluding hydrogens is 353 g/mol. The second kappa shape index (κ2) is 6.91. The van der Waals surface area contributed by atoms with Crippen molar-refractivity contribution >= 4 is 51.9 Å². The number of aromatic nitrogens is 1. The zero-order valence-corrected chi connectivity index (χ0v) is 14.5. The van der Waals surface area contributed by atoms with Gasteiger partial charge in [-0.2, -0.15) is 0 Å². The van der Waals surface area contributed by atoms with Crippen LogP contribution in [-0.2, 0) is 11.2 Å². The summed E-state index contributed by atoms with van der Waals surface area (Å²) >= 11 is 13.5. The topological polar surface area (TPSA) is 54.4 Å². The van der Waals surface area contributed by atoms with Crippen molar-refractivity contribution in [2.75, 3.05) is 0 Å². The lowest BCUT2D eigenvalue weighted by molar-refractivity contribution is -0.118. The van der Waals surface area contributed by atoms with Crippen molar-refractivity contribution in [3.05, 3.63) is 57.7 Å². The van der Waals surface area contributed by atoms with Gasteiger partial charge in [-0.1, -0.05) is 47.1 Å². The maximum Gasteiger partial charge on any atom is 0.239 e. The number of hydrogen-bond acceptors (Lipinski definition) is 4. The molecule has 1 aromatic carbocycles. The number of carbonyl (C=O) groups is 1. The van der Waals surface area contributed by atoms with Crippen LogP contribution in [0.1, 0.15) is 11.3 Å². The maximum atomic E-state index is 12.1. The number of amides is 1. The van der Waals surface area contributed by atoms with Crippen molar-refractivity contribution in [1.82, 2.24) is 10.3 Å². The number of nitrogens with zero attached hydrogens (tertiary/aromatic N) is 2. The molecule has 0 saturated carbocycles. The SMILES string of the molecule is Cc1cccc(N=C2NC(=O)C(Cc3ccc(Cl)cc3Cl)S2)n1. The van der Waals surface area contributed by atoms with E-state index in [0.717, 1.165) is 11.3 Å². The highest BCUT2D eigenvalue weighted by Crippen LogP contribution is 2.29. The van der Waals surface area contributed by atoms with Crippen molar-refractivity contribution < 1.29 is 4.79 Å². The fourth-order valence-corrected chi connectivity index (χ4v) is 3.66. The fraction of sp³-hybridized carbons (Fsp3) is 0.188. The second-order valence-corrected chi connectivity index (χ2v) is 7.12. The number of halogens is 2. The van der Waals surface area contributed by atoms with E-state index in [1.807, 2.05) is 25.1 Å². The quantitative estimate of drug-likeness (QED) is 0.888. The Balaban J connectivity index is 1.75. The highest BCUT2D eigenvalue weighted by Gasteiger charge is 2.30. The van der Waals surface area contributed by atoms with Gasteiger partial charge in [-0.25, -0.2) is 9.98 Å². The zero-order valence-electron chi connectivity index (χ0n) is 12.2. The Bertz CT molecular complexity index is 795. The first-order valence-electron chi connectivity index (χ1n) is 6.95. The summed E-state index contributed by atoms with van der Waals surface area (Å²) in [5, 5.41) is 4.23. The third-order valence-electron chi connectivity index (χ3n) is 3.29. The van der Waals surface area contributed by atoms with Crippen LogP contribution < -0.4 is 5.32 Å². The molecule has 1 aliphatic rings. The minimum atomic E-state index is -0.266. The number of rotatable bonds is 3. The molecule has 0 aliphatic carbocycles. The molecule has 1 aromatic heterocycles. The molecule has 0 bridgehead atoms. The van der Waals surface area contributed by atoms with Crippen LogP contribution in [0.3, 0.4) is 0 Å². The molecule has 3 rings (SSSR count). The summed E-state index contributed by atoms with van der Waals surface area (Å²) in [6.45, 7) is 1.90. The van der Waals surface area contributed by atoms with Crippen LogP contribution in [0.4, 0.5) is 5.82 Å². The van der Waals surface area contributed by atoms with Crippen molar-refractivity contribution in [2.45, 2.75) is 18.6 Å². The van der Waals surface area contributed by atoms with E-state index in [2.05, 4.69) is 15.3 Å². The van der Waals surface area contributed by atoms with Crippen LogP contribution in [-0.4, -0.2) is 21.3 Å². The van der Waals surface area contributed by atoms with Crippen LogP contribution in [0.5, 0.6) is 0 Å². The largest absolute Gasteiger partial charge is 0.304 e. The van der Waals surface area contributed by atoms with Gasteiger partial charge in [-0.3, -0.25) is 4.79 Å². The average molecular weight is 366 g/mol. The molecule has 1 fully saturated rings. The van der Waals surface area contributed by atoms with Crippen LogP contribution in [0.25, 0.3) is 0 Å². The van der Waals surface area contributed by atoms with Gasteiger partial charge in [0, 0.05) is 15.7 Å². The standard InChI is InChI=1S/C16H13Cl2N3OS/c1-9-3-2-4-14(19-9)20-16-21-15(22)13(23-16)7-10-5-6-11(17)8-12(10)18/h2-6,8,13H,7H2,1H3,(H,19,20,21,22). The first-order valence-corrected chi connectivity index (χ1v) is 8.58. The van der Waals surface area contributed by atoms with Crippen LogP contribution >= 0.6 is 35.0 Å². The molecule has 1 saturated heterocycles. The van der Waals surface area contributed by atoms with Gasteiger partial charge in [-0.05, 0) is 43.2 Å². The fourth-order valence-electron chi connectivity index (χ4n) is 2.17. The average Bonchev–Trinajstić information content (AvgIpc) is 2.82. The summed E-state index contributed by atoms with van der Waals surface area (Å²) in [7, 11) is 0. The normalized spacial score (nSPS) is 19.2. The third kappa shape index (κ3) is 4.05. The molecule has 1 atom stereocenters. The predicted molar refractivity (Wildman–Crippen MR) is 95.8 cm³/mol. The van der Waals surface area contributed by atoms with Crippen molar-refractivity contribution in [3.63, 3.8) is 0 Å². The van der Waals surface area contributed by atoms with Gasteiger partial charge < -0.3 is 5.32 Å². The molecule has 0 radical (unpaired) electrons. The predicted octanol–water partition coefficient (Wildman–Crippen LogP) is 4.16. The molecule has 2 aromatic rings. The van der Waals surface area contributed by atoms with E-state index in [9.17, 15) is 4.79 Å². The van der Waals surface area contributed by atoms with Crippen LogP contribution in [0.15, 0.2) is 41.4 Å². The summed E-state index contributed by atoms with van der Waals surface area (Å²) in [5.41, 5.74) is 1.77. The Kier molecular flexibility index (Phi) is 4.90. The number of aryl methyl sites for hydroxylation is 1. The molecule has 7 heteroatoms. The first-order chi connectivity index (χ1) is 11.0. The second-order valence-electron chi connectivity index (χ2n) is 5.09. The highest BCUT2D eigenvalue weighted by molar-refractivity contribution is 8.15. The molecule has 2 heterocycles. The van der Waals surface area contributed by atoms with Gasteiger partial charge >= 0.3 is 0 Å². The van der Waals surface area contributed by atoms with E-state index in [-0.39, 0.29) is 11.2 Å². The van der Waals surface area contributed by atoms with Gasteiger partial charge in [0.1, 0.15) is 0 Å². The van der Waals surface area contributed by atoms with Gasteiger partial charge in [0.05, 0.1) is 5.25 Å². The molecule has 1 unspecified atom stereocenters. The molecule has 1 N–H and O–H groups in total. The first kappa shape index (κ1) is 16.3.